The predicted molar refractivity (Wildman–Crippen MR) is 348 cm³/mol. The lowest BCUT2D eigenvalue weighted by Crippen LogP contribution is -2.30. The first-order valence-electron chi connectivity index (χ1n) is 33.5. The lowest BCUT2D eigenvalue weighted by atomic mass is 10.0. The van der Waals surface area contributed by atoms with Crippen LogP contribution in [0.2, 0.25) is 0 Å². The number of esters is 3. The molecule has 0 fully saturated rings. The number of carbonyl (C=O) groups is 3. The third-order valence-corrected chi connectivity index (χ3v) is 14.2. The number of ether oxygens (including phenoxy) is 3. The van der Waals surface area contributed by atoms with Crippen LogP contribution in [0.1, 0.15) is 310 Å². The van der Waals surface area contributed by atoms with Gasteiger partial charge in [0.15, 0.2) is 6.10 Å². The van der Waals surface area contributed by atoms with Crippen LogP contribution < -0.4 is 0 Å². The highest BCUT2D eigenvalue weighted by Gasteiger charge is 2.19. The molecule has 0 saturated carbocycles. The molecule has 0 rings (SSSR count). The van der Waals surface area contributed by atoms with Crippen LogP contribution in [0.5, 0.6) is 0 Å². The zero-order valence-corrected chi connectivity index (χ0v) is 52.3. The van der Waals surface area contributed by atoms with Crippen molar-refractivity contribution >= 4 is 17.9 Å². The lowest BCUT2D eigenvalue weighted by molar-refractivity contribution is -0.167. The van der Waals surface area contributed by atoms with Gasteiger partial charge < -0.3 is 14.2 Å². The summed E-state index contributed by atoms with van der Waals surface area (Å²) in [5.74, 6) is -0.898. The molecule has 0 saturated heterocycles. The molecule has 6 heteroatoms. The van der Waals surface area contributed by atoms with E-state index in [4.69, 9.17) is 14.2 Å². The van der Waals surface area contributed by atoms with Gasteiger partial charge in [0.1, 0.15) is 13.2 Å². The summed E-state index contributed by atoms with van der Waals surface area (Å²) in [7, 11) is 0. The average Bonchev–Trinajstić information content (AvgIpc) is 3.46. The number of unbranched alkanes of at least 4 members (excludes halogenated alkanes) is 29. The van der Waals surface area contributed by atoms with Crippen molar-refractivity contribution in [2.75, 3.05) is 13.2 Å². The van der Waals surface area contributed by atoms with Gasteiger partial charge in [0.2, 0.25) is 0 Å². The molecule has 456 valence electrons. The van der Waals surface area contributed by atoms with Crippen molar-refractivity contribution in [2.24, 2.45) is 0 Å². The van der Waals surface area contributed by atoms with E-state index in [0.717, 1.165) is 141 Å². The van der Waals surface area contributed by atoms with Gasteiger partial charge >= 0.3 is 17.9 Å². The van der Waals surface area contributed by atoms with Gasteiger partial charge in [-0.1, -0.05) is 303 Å². The Morgan fingerprint density at radius 1 is 0.263 bits per heavy atom. The van der Waals surface area contributed by atoms with Crippen LogP contribution in [0.25, 0.3) is 0 Å². The molecule has 0 heterocycles. The molecule has 0 aliphatic heterocycles. The van der Waals surface area contributed by atoms with Gasteiger partial charge in [0, 0.05) is 19.3 Å². The molecule has 0 aromatic rings. The third kappa shape index (κ3) is 64.6. The van der Waals surface area contributed by atoms with Gasteiger partial charge in [-0.15, -0.1) is 0 Å². The largest absolute Gasteiger partial charge is 0.462 e. The first-order chi connectivity index (χ1) is 39.5. The van der Waals surface area contributed by atoms with E-state index in [-0.39, 0.29) is 31.1 Å². The second-order valence-corrected chi connectivity index (χ2v) is 22.0. The maximum Gasteiger partial charge on any atom is 0.306 e. The maximum atomic E-state index is 12.9. The Labute approximate surface area is 494 Å². The van der Waals surface area contributed by atoms with E-state index in [0.29, 0.717) is 19.3 Å². The fourth-order valence-corrected chi connectivity index (χ4v) is 9.26. The molecule has 0 aliphatic carbocycles. The maximum absolute atomic E-state index is 12.9. The second kappa shape index (κ2) is 67.3. The molecule has 6 nitrogen and oxygen atoms in total. The molecule has 80 heavy (non-hydrogen) atoms. The van der Waals surface area contributed by atoms with Crippen LogP contribution in [0.4, 0.5) is 0 Å². The van der Waals surface area contributed by atoms with Crippen molar-refractivity contribution < 1.29 is 28.6 Å². The van der Waals surface area contributed by atoms with Crippen LogP contribution in [0.3, 0.4) is 0 Å². The van der Waals surface area contributed by atoms with Crippen molar-refractivity contribution in [1.29, 1.82) is 0 Å². The summed E-state index contributed by atoms with van der Waals surface area (Å²) in [6, 6.07) is 0. The Balaban J connectivity index is 4.36. The van der Waals surface area contributed by atoms with Crippen molar-refractivity contribution in [3.63, 3.8) is 0 Å². The Morgan fingerprint density at radius 3 is 0.762 bits per heavy atom. The predicted octanol–water partition coefficient (Wildman–Crippen LogP) is 23.2. The highest BCUT2D eigenvalue weighted by molar-refractivity contribution is 5.71. The highest BCUT2D eigenvalue weighted by Crippen LogP contribution is 2.16. The first kappa shape index (κ1) is 75.8. The lowest BCUT2D eigenvalue weighted by Gasteiger charge is -2.18. The molecule has 0 spiro atoms. The Hall–Kier alpha value is -4.19. The quantitative estimate of drug-likeness (QED) is 0.0261. The van der Waals surface area contributed by atoms with E-state index < -0.39 is 6.10 Å². The SMILES string of the molecule is CC/C=C\C/C=C\C/C=C\C/C=C\C/C=C\CCCCCCCCCCCCCC(=O)OCC(COC(=O)CCCCCCCCCCCCCCCC)OC(=O)CCCCCCC/C=C\C/C=C\C/C=C\C/C=C\C/C=C\CC. The standard InChI is InChI=1S/C74H124O6/c1-4-7-10-13-16-19-22-25-28-30-32-34-35-36-37-38-39-41-42-44-46-49-52-55-58-61-64-67-73(76)79-70-71(69-78-72(75)66-63-60-57-54-51-48-27-24-21-18-15-12-9-6-3)80-74(77)68-65-62-59-56-53-50-47-45-43-40-33-31-29-26-23-20-17-14-11-8-5-2/h7-8,10-11,16-17,19-20,25-26,28-29,32-34,36-37,40,45,47,71H,4-6,9,12-15,18,21-24,27,30-31,35,38-39,41-44,46,48-70H2,1-3H3/b10-7-,11-8-,19-16-,20-17-,28-25-,29-26-,34-32-,37-36-,40-33-,47-45-. The summed E-state index contributed by atoms with van der Waals surface area (Å²) in [5.41, 5.74) is 0. The molecular formula is C74H124O6. The minimum absolute atomic E-state index is 0.0860. The van der Waals surface area contributed by atoms with Gasteiger partial charge in [-0.05, 0) is 109 Å². The monoisotopic (exact) mass is 1110 g/mol. The molecular weight excluding hydrogens is 985 g/mol. The summed E-state index contributed by atoms with van der Waals surface area (Å²) >= 11 is 0. The Bertz CT molecular complexity index is 1650. The zero-order chi connectivity index (χ0) is 57.8. The molecule has 0 bridgehead atoms. The van der Waals surface area contributed by atoms with E-state index >= 15 is 0 Å². The number of hydrogen-bond acceptors (Lipinski definition) is 6. The average molecular weight is 1110 g/mol. The fourth-order valence-electron chi connectivity index (χ4n) is 9.26. The third-order valence-electron chi connectivity index (χ3n) is 14.2. The minimum Gasteiger partial charge on any atom is -0.462 e. The normalized spacial score (nSPS) is 12.9. The van der Waals surface area contributed by atoms with Gasteiger partial charge in [-0.25, -0.2) is 0 Å². The van der Waals surface area contributed by atoms with E-state index in [1.54, 1.807) is 0 Å². The van der Waals surface area contributed by atoms with E-state index in [1.807, 2.05) is 0 Å². The van der Waals surface area contributed by atoms with Crippen molar-refractivity contribution in [3.05, 3.63) is 122 Å². The van der Waals surface area contributed by atoms with Gasteiger partial charge in [0.05, 0.1) is 0 Å². The van der Waals surface area contributed by atoms with Crippen LogP contribution >= 0.6 is 0 Å². The summed E-state index contributed by atoms with van der Waals surface area (Å²) < 4.78 is 16.9. The van der Waals surface area contributed by atoms with Crippen molar-refractivity contribution in [1.82, 2.24) is 0 Å². The summed E-state index contributed by atoms with van der Waals surface area (Å²) in [6.45, 7) is 6.42. The first-order valence-corrected chi connectivity index (χ1v) is 33.5. The van der Waals surface area contributed by atoms with Crippen LogP contribution in [-0.2, 0) is 28.6 Å². The number of rotatable bonds is 60. The van der Waals surface area contributed by atoms with Crippen LogP contribution in [0, 0.1) is 0 Å². The molecule has 0 aromatic heterocycles. The zero-order valence-electron chi connectivity index (χ0n) is 52.3. The Kier molecular flexibility index (Phi) is 63.8. The van der Waals surface area contributed by atoms with Crippen molar-refractivity contribution in [2.45, 2.75) is 316 Å². The summed E-state index contributed by atoms with van der Waals surface area (Å²) in [4.78, 5) is 38.4. The summed E-state index contributed by atoms with van der Waals surface area (Å²) in [5, 5.41) is 0. The van der Waals surface area contributed by atoms with E-state index in [1.165, 1.54) is 128 Å². The molecule has 0 N–H and O–H groups in total. The highest BCUT2D eigenvalue weighted by atomic mass is 16.6. The van der Waals surface area contributed by atoms with Crippen molar-refractivity contribution in [3.8, 4) is 0 Å². The second-order valence-electron chi connectivity index (χ2n) is 22.0. The van der Waals surface area contributed by atoms with E-state index in [2.05, 4.69) is 142 Å². The van der Waals surface area contributed by atoms with E-state index in [9.17, 15) is 14.4 Å². The van der Waals surface area contributed by atoms with Crippen LogP contribution in [0.15, 0.2) is 122 Å². The number of allylic oxidation sites excluding steroid dienone is 20. The minimum atomic E-state index is -0.792. The fraction of sp³-hybridized carbons (Fsp3) is 0.689. The number of carbonyl (C=O) groups excluding carboxylic acids is 3. The molecule has 0 radical (unpaired) electrons. The molecule has 1 unspecified atom stereocenters. The smallest absolute Gasteiger partial charge is 0.306 e. The summed E-state index contributed by atoms with van der Waals surface area (Å²) in [6.07, 6.45) is 93.5. The molecule has 1 atom stereocenters. The topological polar surface area (TPSA) is 78.9 Å². The molecule has 0 amide bonds. The number of hydrogen-bond donors (Lipinski definition) is 0. The van der Waals surface area contributed by atoms with Crippen LogP contribution in [-0.4, -0.2) is 37.2 Å². The van der Waals surface area contributed by atoms with Gasteiger partial charge in [-0.2, -0.15) is 0 Å². The molecule has 0 aliphatic rings. The van der Waals surface area contributed by atoms with Gasteiger partial charge in [0.25, 0.3) is 0 Å². The Morgan fingerprint density at radius 2 is 0.487 bits per heavy atom. The molecule has 0 aromatic carbocycles. The van der Waals surface area contributed by atoms with Gasteiger partial charge in [-0.3, -0.25) is 14.4 Å².